The van der Waals surface area contributed by atoms with Crippen LogP contribution in [0.5, 0.6) is 0 Å². The van der Waals surface area contributed by atoms with Crippen molar-refractivity contribution in [2.24, 2.45) is 0 Å². The first kappa shape index (κ1) is 5.65. The van der Waals surface area contributed by atoms with Crippen molar-refractivity contribution in [3.63, 3.8) is 0 Å². The first-order chi connectivity index (χ1) is 4.36. The molecule has 0 aromatic rings. The summed E-state index contributed by atoms with van der Waals surface area (Å²) in [4.78, 5) is 0. The molecule has 2 aliphatic rings. The predicted octanol–water partition coefficient (Wildman–Crippen LogP) is -0.117. The Hall–Kier alpha value is -0.120. The SMILES string of the molecule is OC1CC2OCO[C@@H]2C1. The van der Waals surface area contributed by atoms with Crippen molar-refractivity contribution in [2.45, 2.75) is 31.2 Å². The molecule has 3 nitrogen and oxygen atoms in total. The summed E-state index contributed by atoms with van der Waals surface area (Å²) in [6.07, 6.45) is 1.68. The smallest absolute Gasteiger partial charge is 0.147 e. The summed E-state index contributed by atoms with van der Waals surface area (Å²) < 4.78 is 10.3. The zero-order chi connectivity index (χ0) is 6.27. The molecule has 1 aliphatic carbocycles. The summed E-state index contributed by atoms with van der Waals surface area (Å²) in [6, 6.07) is 0. The summed E-state index contributed by atoms with van der Waals surface area (Å²) in [7, 11) is 0. The van der Waals surface area contributed by atoms with E-state index in [9.17, 15) is 0 Å². The Balaban J connectivity index is 2.02. The van der Waals surface area contributed by atoms with Crippen molar-refractivity contribution in [1.29, 1.82) is 0 Å². The maximum Gasteiger partial charge on any atom is 0.147 e. The molecule has 0 aromatic carbocycles. The van der Waals surface area contributed by atoms with Gasteiger partial charge in [-0.15, -0.1) is 0 Å². The first-order valence-corrected chi connectivity index (χ1v) is 3.27. The van der Waals surface area contributed by atoms with E-state index in [1.165, 1.54) is 0 Å². The average molecular weight is 130 g/mol. The van der Waals surface area contributed by atoms with Crippen LogP contribution in [0.2, 0.25) is 0 Å². The molecule has 1 heterocycles. The molecule has 1 aliphatic heterocycles. The van der Waals surface area contributed by atoms with Crippen molar-refractivity contribution >= 4 is 0 Å². The molecule has 0 bridgehead atoms. The van der Waals surface area contributed by atoms with Crippen molar-refractivity contribution in [3.05, 3.63) is 0 Å². The van der Waals surface area contributed by atoms with Crippen LogP contribution in [0, 0.1) is 0 Å². The van der Waals surface area contributed by atoms with Crippen LogP contribution in [-0.2, 0) is 9.47 Å². The fraction of sp³-hybridized carbons (Fsp3) is 1.00. The molecule has 0 amide bonds. The predicted molar refractivity (Wildman–Crippen MR) is 29.9 cm³/mol. The molecule has 9 heavy (non-hydrogen) atoms. The third-order valence-electron chi connectivity index (χ3n) is 1.99. The molecular formula is C6H10O3. The van der Waals surface area contributed by atoms with Gasteiger partial charge >= 0.3 is 0 Å². The van der Waals surface area contributed by atoms with Gasteiger partial charge in [0.05, 0.1) is 18.3 Å². The Bertz CT molecular complexity index is 103. The highest BCUT2D eigenvalue weighted by atomic mass is 16.7. The Morgan fingerprint density at radius 1 is 1.11 bits per heavy atom. The average Bonchev–Trinajstić information content (AvgIpc) is 2.22. The monoisotopic (exact) mass is 130 g/mol. The van der Waals surface area contributed by atoms with Crippen molar-refractivity contribution < 1.29 is 14.6 Å². The lowest BCUT2D eigenvalue weighted by molar-refractivity contribution is 0.00835. The summed E-state index contributed by atoms with van der Waals surface area (Å²) >= 11 is 0. The molecule has 2 rings (SSSR count). The zero-order valence-electron chi connectivity index (χ0n) is 5.12. The van der Waals surface area contributed by atoms with Crippen LogP contribution < -0.4 is 0 Å². The highest BCUT2D eigenvalue weighted by Crippen LogP contribution is 2.29. The van der Waals surface area contributed by atoms with Gasteiger partial charge in [0.1, 0.15) is 6.79 Å². The highest BCUT2D eigenvalue weighted by Gasteiger charge is 2.38. The fourth-order valence-electron chi connectivity index (χ4n) is 1.50. The van der Waals surface area contributed by atoms with Gasteiger partial charge in [-0.25, -0.2) is 0 Å². The van der Waals surface area contributed by atoms with E-state index in [-0.39, 0.29) is 18.3 Å². The number of aliphatic hydroxyl groups is 1. The molecule has 3 atom stereocenters. The van der Waals surface area contributed by atoms with Gasteiger partial charge in [-0.1, -0.05) is 0 Å². The van der Waals surface area contributed by atoms with E-state index >= 15 is 0 Å². The second-order valence-corrected chi connectivity index (χ2v) is 2.65. The van der Waals surface area contributed by atoms with Gasteiger partial charge in [-0.2, -0.15) is 0 Å². The summed E-state index contributed by atoms with van der Waals surface area (Å²) in [5.74, 6) is 0. The molecule has 0 aromatic heterocycles. The third-order valence-corrected chi connectivity index (χ3v) is 1.99. The lowest BCUT2D eigenvalue weighted by atomic mass is 10.3. The van der Waals surface area contributed by atoms with Crippen LogP contribution in [-0.4, -0.2) is 30.2 Å². The molecule has 1 saturated carbocycles. The number of hydrogen-bond acceptors (Lipinski definition) is 3. The topological polar surface area (TPSA) is 38.7 Å². The maximum absolute atomic E-state index is 9.07. The second-order valence-electron chi connectivity index (χ2n) is 2.65. The molecule has 1 N–H and O–H groups in total. The number of ether oxygens (including phenoxy) is 2. The summed E-state index contributed by atoms with van der Waals surface area (Å²) in [6.45, 7) is 0.419. The maximum atomic E-state index is 9.07. The van der Waals surface area contributed by atoms with Crippen LogP contribution in [0.15, 0.2) is 0 Å². The molecule has 0 spiro atoms. The van der Waals surface area contributed by atoms with E-state index in [1.807, 2.05) is 0 Å². The molecule has 2 fully saturated rings. The summed E-state index contributed by atoms with van der Waals surface area (Å²) in [5, 5.41) is 9.07. The molecular weight excluding hydrogens is 120 g/mol. The van der Waals surface area contributed by atoms with Gasteiger partial charge in [-0.3, -0.25) is 0 Å². The third kappa shape index (κ3) is 0.852. The molecule has 1 saturated heterocycles. The van der Waals surface area contributed by atoms with E-state index in [4.69, 9.17) is 14.6 Å². The van der Waals surface area contributed by atoms with Crippen molar-refractivity contribution in [2.75, 3.05) is 6.79 Å². The van der Waals surface area contributed by atoms with Gasteiger partial charge in [-0.05, 0) is 0 Å². The normalized spacial score (nSPS) is 49.7. The van der Waals surface area contributed by atoms with E-state index < -0.39 is 0 Å². The van der Waals surface area contributed by atoms with Gasteiger partial charge in [0.15, 0.2) is 0 Å². The number of rotatable bonds is 0. The van der Waals surface area contributed by atoms with Crippen LogP contribution >= 0.6 is 0 Å². The lowest BCUT2D eigenvalue weighted by Crippen LogP contribution is -2.13. The van der Waals surface area contributed by atoms with Crippen LogP contribution in [0.4, 0.5) is 0 Å². The molecule has 0 radical (unpaired) electrons. The first-order valence-electron chi connectivity index (χ1n) is 3.27. The minimum atomic E-state index is -0.194. The minimum absolute atomic E-state index is 0.181. The van der Waals surface area contributed by atoms with Gasteiger partial charge < -0.3 is 14.6 Å². The van der Waals surface area contributed by atoms with Crippen molar-refractivity contribution in [1.82, 2.24) is 0 Å². The van der Waals surface area contributed by atoms with Gasteiger partial charge in [0.25, 0.3) is 0 Å². The largest absolute Gasteiger partial charge is 0.393 e. The standard InChI is InChI=1S/C6H10O3/c7-4-1-5-6(2-4)9-3-8-5/h4-7H,1-3H2/t4?,5-,6?/m1/s1. The van der Waals surface area contributed by atoms with Crippen LogP contribution in [0.3, 0.4) is 0 Å². The van der Waals surface area contributed by atoms with E-state index in [1.54, 1.807) is 0 Å². The fourth-order valence-corrected chi connectivity index (χ4v) is 1.50. The number of fused-ring (bicyclic) bond motifs is 1. The quantitative estimate of drug-likeness (QED) is 0.497. The van der Waals surface area contributed by atoms with Crippen LogP contribution in [0.25, 0.3) is 0 Å². The van der Waals surface area contributed by atoms with Gasteiger partial charge in [0.2, 0.25) is 0 Å². The Morgan fingerprint density at radius 3 is 2.22 bits per heavy atom. The van der Waals surface area contributed by atoms with E-state index in [0.29, 0.717) is 6.79 Å². The van der Waals surface area contributed by atoms with E-state index in [2.05, 4.69) is 0 Å². The Morgan fingerprint density at radius 2 is 1.67 bits per heavy atom. The zero-order valence-corrected chi connectivity index (χ0v) is 5.12. The number of aliphatic hydroxyl groups excluding tert-OH is 1. The number of hydrogen-bond donors (Lipinski definition) is 1. The highest BCUT2D eigenvalue weighted by molar-refractivity contribution is 4.86. The van der Waals surface area contributed by atoms with E-state index in [0.717, 1.165) is 12.8 Å². The van der Waals surface area contributed by atoms with Crippen molar-refractivity contribution in [3.8, 4) is 0 Å². The minimum Gasteiger partial charge on any atom is -0.393 e. The lowest BCUT2D eigenvalue weighted by Gasteiger charge is -2.01. The van der Waals surface area contributed by atoms with Crippen LogP contribution in [0.1, 0.15) is 12.8 Å². The summed E-state index contributed by atoms with van der Waals surface area (Å²) in [5.41, 5.74) is 0. The Kier molecular flexibility index (Phi) is 1.22. The second kappa shape index (κ2) is 1.94. The van der Waals surface area contributed by atoms with Gasteiger partial charge in [0, 0.05) is 12.8 Å². The Labute approximate surface area is 53.6 Å². The molecule has 2 unspecified atom stereocenters. The molecule has 3 heteroatoms. The molecule has 52 valence electrons.